The zero-order valence-electron chi connectivity index (χ0n) is 11.5. The molecule has 1 aliphatic heterocycles. The summed E-state index contributed by atoms with van der Waals surface area (Å²) >= 11 is 0. The second-order valence-corrected chi connectivity index (χ2v) is 5.04. The first-order valence-corrected chi connectivity index (χ1v) is 7.21. The highest BCUT2D eigenvalue weighted by atomic mass is 16.5. The number of H-pyrrole nitrogens is 1. The maximum absolute atomic E-state index is 5.87. The van der Waals surface area contributed by atoms with Gasteiger partial charge in [-0.2, -0.15) is 5.10 Å². The molecule has 1 saturated heterocycles. The molecular weight excluding hydrogens is 252 g/mol. The van der Waals surface area contributed by atoms with Gasteiger partial charge in [0.1, 0.15) is 5.82 Å². The van der Waals surface area contributed by atoms with Crippen molar-refractivity contribution < 1.29 is 4.74 Å². The summed E-state index contributed by atoms with van der Waals surface area (Å²) in [6, 6.07) is 10.00. The quantitative estimate of drug-likeness (QED) is 0.871. The van der Waals surface area contributed by atoms with Gasteiger partial charge in [-0.05, 0) is 25.9 Å². The average Bonchev–Trinajstić information content (AvgIpc) is 2.98. The van der Waals surface area contributed by atoms with Gasteiger partial charge in [0.2, 0.25) is 0 Å². The minimum Gasteiger partial charge on any atom is -0.378 e. The number of piperidine rings is 1. The molecule has 0 spiro atoms. The molecule has 106 valence electrons. The summed E-state index contributed by atoms with van der Waals surface area (Å²) in [6.45, 7) is 2.82. The molecule has 1 aliphatic rings. The summed E-state index contributed by atoms with van der Waals surface area (Å²) < 4.78 is 5.87. The smallest absolute Gasteiger partial charge is 0.181 e. The van der Waals surface area contributed by atoms with Gasteiger partial charge in [0.15, 0.2) is 5.82 Å². The van der Waals surface area contributed by atoms with E-state index < -0.39 is 0 Å². The molecule has 0 amide bonds. The number of hydrogen-bond acceptors (Lipinski definition) is 4. The second-order valence-electron chi connectivity index (χ2n) is 5.04. The molecule has 1 aromatic heterocycles. The molecule has 1 fully saturated rings. The molecule has 0 aliphatic carbocycles. The fourth-order valence-electron chi connectivity index (χ4n) is 2.41. The second kappa shape index (κ2) is 6.63. The maximum atomic E-state index is 5.87. The molecule has 2 aromatic rings. The van der Waals surface area contributed by atoms with Gasteiger partial charge in [0, 0.05) is 12.0 Å². The van der Waals surface area contributed by atoms with Crippen molar-refractivity contribution in [3.8, 4) is 11.4 Å². The van der Waals surface area contributed by atoms with Crippen LogP contribution in [0.15, 0.2) is 30.3 Å². The zero-order chi connectivity index (χ0) is 13.6. The zero-order valence-corrected chi connectivity index (χ0v) is 11.5. The van der Waals surface area contributed by atoms with Crippen LogP contribution in [0, 0.1) is 0 Å². The van der Waals surface area contributed by atoms with Crippen LogP contribution in [0.1, 0.15) is 18.7 Å². The largest absolute Gasteiger partial charge is 0.378 e. The van der Waals surface area contributed by atoms with E-state index in [1.54, 1.807) is 0 Å². The average molecular weight is 272 g/mol. The Morgan fingerprint density at radius 2 is 1.95 bits per heavy atom. The number of nitrogens with one attached hydrogen (secondary N) is 2. The normalized spacial score (nSPS) is 16.4. The van der Waals surface area contributed by atoms with Gasteiger partial charge in [-0.1, -0.05) is 30.3 Å². The predicted octanol–water partition coefficient (Wildman–Crippen LogP) is 1.78. The maximum Gasteiger partial charge on any atom is 0.181 e. The van der Waals surface area contributed by atoms with Crippen LogP contribution in [-0.4, -0.2) is 41.0 Å². The van der Waals surface area contributed by atoms with Gasteiger partial charge >= 0.3 is 0 Å². The lowest BCUT2D eigenvalue weighted by atomic mass is 10.1. The Bertz CT molecular complexity index is 520. The van der Waals surface area contributed by atoms with E-state index in [1.807, 2.05) is 30.3 Å². The highest BCUT2D eigenvalue weighted by molar-refractivity contribution is 5.53. The number of nitrogens with zero attached hydrogens (tertiary/aromatic N) is 2. The van der Waals surface area contributed by atoms with E-state index in [0.29, 0.717) is 12.7 Å². The van der Waals surface area contributed by atoms with Crippen LogP contribution in [0.3, 0.4) is 0 Å². The number of aromatic nitrogens is 3. The van der Waals surface area contributed by atoms with Crippen molar-refractivity contribution in [2.75, 3.05) is 19.7 Å². The number of ether oxygens (including phenoxy) is 1. The van der Waals surface area contributed by atoms with Crippen molar-refractivity contribution in [1.82, 2.24) is 20.5 Å². The molecule has 0 saturated carbocycles. The first kappa shape index (κ1) is 13.3. The third kappa shape index (κ3) is 3.43. The highest BCUT2D eigenvalue weighted by Crippen LogP contribution is 2.13. The summed E-state index contributed by atoms with van der Waals surface area (Å²) in [5, 5.41) is 10.6. The number of hydrogen-bond donors (Lipinski definition) is 2. The molecule has 0 bridgehead atoms. The fraction of sp³-hybridized carbons (Fsp3) is 0.467. The van der Waals surface area contributed by atoms with Gasteiger partial charge in [-0.15, -0.1) is 0 Å². The Labute approximate surface area is 118 Å². The molecule has 0 unspecified atom stereocenters. The van der Waals surface area contributed by atoms with Crippen LogP contribution in [0.25, 0.3) is 11.4 Å². The summed E-state index contributed by atoms with van der Waals surface area (Å²) in [5.74, 6) is 1.64. The minimum absolute atomic E-state index is 0.396. The molecule has 0 atom stereocenters. The van der Waals surface area contributed by atoms with Gasteiger partial charge in [-0.25, -0.2) is 4.98 Å². The fourth-order valence-corrected chi connectivity index (χ4v) is 2.41. The van der Waals surface area contributed by atoms with E-state index in [2.05, 4.69) is 20.5 Å². The van der Waals surface area contributed by atoms with Gasteiger partial charge in [0.25, 0.3) is 0 Å². The van der Waals surface area contributed by atoms with E-state index in [0.717, 1.165) is 49.6 Å². The number of rotatable bonds is 5. The van der Waals surface area contributed by atoms with Crippen LogP contribution in [0.5, 0.6) is 0 Å². The molecule has 5 heteroatoms. The topological polar surface area (TPSA) is 62.8 Å². The lowest BCUT2D eigenvalue weighted by Crippen LogP contribution is -2.32. The lowest BCUT2D eigenvalue weighted by molar-refractivity contribution is 0.0342. The van der Waals surface area contributed by atoms with Crippen molar-refractivity contribution in [1.29, 1.82) is 0 Å². The van der Waals surface area contributed by atoms with E-state index in [4.69, 9.17) is 4.74 Å². The predicted molar refractivity (Wildman–Crippen MR) is 77.4 cm³/mol. The highest BCUT2D eigenvalue weighted by Gasteiger charge is 2.13. The minimum atomic E-state index is 0.396. The van der Waals surface area contributed by atoms with Gasteiger partial charge < -0.3 is 10.1 Å². The van der Waals surface area contributed by atoms with Gasteiger partial charge in [-0.3, -0.25) is 5.10 Å². The molecule has 20 heavy (non-hydrogen) atoms. The summed E-state index contributed by atoms with van der Waals surface area (Å²) in [4.78, 5) is 4.50. The van der Waals surface area contributed by atoms with Crippen LogP contribution in [-0.2, 0) is 11.2 Å². The van der Waals surface area contributed by atoms with E-state index in [1.165, 1.54) is 0 Å². The molecule has 1 aromatic carbocycles. The molecule has 0 radical (unpaired) electrons. The summed E-state index contributed by atoms with van der Waals surface area (Å²) in [5.41, 5.74) is 1.04. The van der Waals surface area contributed by atoms with E-state index in [9.17, 15) is 0 Å². The van der Waals surface area contributed by atoms with E-state index >= 15 is 0 Å². The third-order valence-corrected chi connectivity index (χ3v) is 3.54. The van der Waals surface area contributed by atoms with Crippen LogP contribution >= 0.6 is 0 Å². The first-order chi connectivity index (χ1) is 9.92. The van der Waals surface area contributed by atoms with Gasteiger partial charge in [0.05, 0.1) is 12.7 Å². The molecule has 3 rings (SSSR count). The van der Waals surface area contributed by atoms with Crippen LogP contribution in [0.4, 0.5) is 0 Å². The Kier molecular flexibility index (Phi) is 4.40. The van der Waals surface area contributed by atoms with Crippen LogP contribution < -0.4 is 5.32 Å². The van der Waals surface area contributed by atoms with Crippen molar-refractivity contribution in [3.63, 3.8) is 0 Å². The Balaban J connectivity index is 1.50. The molecular formula is C15H20N4O. The monoisotopic (exact) mass is 272 g/mol. The molecule has 2 N–H and O–H groups in total. The summed E-state index contributed by atoms with van der Waals surface area (Å²) in [7, 11) is 0. The van der Waals surface area contributed by atoms with Crippen LogP contribution in [0.2, 0.25) is 0 Å². The Hall–Kier alpha value is -1.72. The SMILES string of the molecule is c1ccc(-c2n[nH]c(CCOC3CCNCC3)n2)cc1. The van der Waals surface area contributed by atoms with Crippen molar-refractivity contribution >= 4 is 0 Å². The first-order valence-electron chi connectivity index (χ1n) is 7.21. The van der Waals surface area contributed by atoms with E-state index in [-0.39, 0.29) is 0 Å². The molecule has 2 heterocycles. The lowest BCUT2D eigenvalue weighted by Gasteiger charge is -2.22. The third-order valence-electron chi connectivity index (χ3n) is 3.54. The number of benzene rings is 1. The Morgan fingerprint density at radius 1 is 1.15 bits per heavy atom. The number of aromatic amines is 1. The standard InChI is InChI=1S/C15H20N4O/c1-2-4-12(5-3-1)15-17-14(18-19-15)8-11-20-13-6-9-16-10-7-13/h1-5,13,16H,6-11H2,(H,17,18,19). The van der Waals surface area contributed by atoms with Crippen molar-refractivity contribution in [2.24, 2.45) is 0 Å². The van der Waals surface area contributed by atoms with Crippen molar-refractivity contribution in [3.05, 3.63) is 36.2 Å². The summed E-state index contributed by atoms with van der Waals surface area (Å²) in [6.07, 6.45) is 3.38. The molecule has 5 nitrogen and oxygen atoms in total. The Morgan fingerprint density at radius 3 is 2.75 bits per heavy atom. The van der Waals surface area contributed by atoms with Crippen molar-refractivity contribution in [2.45, 2.75) is 25.4 Å².